The lowest BCUT2D eigenvalue weighted by Gasteiger charge is -2.37. The highest BCUT2D eigenvalue weighted by Gasteiger charge is 2.27. The number of sulfonamides is 1. The van der Waals surface area contributed by atoms with Crippen LogP contribution < -0.4 is 14.5 Å². The Labute approximate surface area is 156 Å². The van der Waals surface area contributed by atoms with Crippen LogP contribution in [0.4, 0.5) is 21.5 Å². The standard InChI is InChI=1S/C17H19FN4O4S/c1-19-27(25,26)13-6-7-16(17(12-13)22(23)24)21-10-8-20(9-11-21)15-5-3-2-4-14(15)18/h2-7,12,19H,8-11H2,1H3. The van der Waals surface area contributed by atoms with Gasteiger partial charge >= 0.3 is 0 Å². The highest BCUT2D eigenvalue weighted by molar-refractivity contribution is 7.89. The molecule has 0 aliphatic carbocycles. The summed E-state index contributed by atoms with van der Waals surface area (Å²) < 4.78 is 39.9. The molecule has 1 aliphatic rings. The topological polar surface area (TPSA) is 95.8 Å². The highest BCUT2D eigenvalue weighted by atomic mass is 32.2. The number of anilines is 2. The molecule has 0 aromatic heterocycles. The molecule has 0 atom stereocenters. The number of rotatable bonds is 5. The Kier molecular flexibility index (Phi) is 5.29. The van der Waals surface area contributed by atoms with Crippen molar-refractivity contribution in [3.05, 3.63) is 58.4 Å². The van der Waals surface area contributed by atoms with Crippen molar-refractivity contribution in [3.8, 4) is 0 Å². The fraction of sp³-hybridized carbons (Fsp3) is 0.294. The number of hydrogen-bond donors (Lipinski definition) is 1. The Morgan fingerprint density at radius 1 is 1.04 bits per heavy atom. The van der Waals surface area contributed by atoms with Gasteiger partial charge in [-0.2, -0.15) is 0 Å². The minimum absolute atomic E-state index is 0.162. The molecule has 0 spiro atoms. The van der Waals surface area contributed by atoms with Crippen LogP contribution in [0.15, 0.2) is 47.4 Å². The lowest BCUT2D eigenvalue weighted by molar-refractivity contribution is -0.384. The molecule has 2 aromatic carbocycles. The number of benzene rings is 2. The first-order valence-electron chi connectivity index (χ1n) is 8.30. The lowest BCUT2D eigenvalue weighted by atomic mass is 10.2. The van der Waals surface area contributed by atoms with Crippen molar-refractivity contribution >= 4 is 27.1 Å². The Morgan fingerprint density at radius 2 is 1.63 bits per heavy atom. The average Bonchev–Trinajstić information content (AvgIpc) is 2.68. The van der Waals surface area contributed by atoms with Crippen LogP contribution in [0.3, 0.4) is 0 Å². The Balaban J connectivity index is 1.84. The molecule has 1 aliphatic heterocycles. The Bertz CT molecular complexity index is 959. The van der Waals surface area contributed by atoms with Gasteiger partial charge in [-0.1, -0.05) is 12.1 Å². The van der Waals surface area contributed by atoms with Crippen LogP contribution >= 0.6 is 0 Å². The summed E-state index contributed by atoms with van der Waals surface area (Å²) in [7, 11) is -2.53. The number of nitrogens with zero attached hydrogens (tertiary/aromatic N) is 3. The molecule has 1 N–H and O–H groups in total. The fourth-order valence-corrected chi connectivity index (χ4v) is 3.85. The van der Waals surface area contributed by atoms with E-state index >= 15 is 0 Å². The van der Waals surface area contributed by atoms with E-state index in [0.717, 1.165) is 6.07 Å². The second kappa shape index (κ2) is 7.49. The second-order valence-electron chi connectivity index (χ2n) is 6.04. The third kappa shape index (κ3) is 3.86. The van der Waals surface area contributed by atoms with Gasteiger partial charge in [-0.3, -0.25) is 10.1 Å². The number of nitrogens with one attached hydrogen (secondary N) is 1. The predicted octanol–water partition coefficient (Wildman–Crippen LogP) is 1.97. The minimum Gasteiger partial charge on any atom is -0.366 e. The zero-order chi connectivity index (χ0) is 19.6. The van der Waals surface area contributed by atoms with Gasteiger partial charge in [0.05, 0.1) is 15.5 Å². The van der Waals surface area contributed by atoms with Crippen LogP contribution in [-0.4, -0.2) is 46.6 Å². The summed E-state index contributed by atoms with van der Waals surface area (Å²) >= 11 is 0. The van der Waals surface area contributed by atoms with Gasteiger partial charge in [-0.15, -0.1) is 0 Å². The molecule has 1 saturated heterocycles. The fourth-order valence-electron chi connectivity index (χ4n) is 3.10. The maximum absolute atomic E-state index is 13.9. The lowest BCUT2D eigenvalue weighted by Crippen LogP contribution is -2.47. The van der Waals surface area contributed by atoms with Crippen molar-refractivity contribution in [1.82, 2.24) is 4.72 Å². The van der Waals surface area contributed by atoms with Crippen LogP contribution in [-0.2, 0) is 10.0 Å². The van der Waals surface area contributed by atoms with Gasteiger partial charge in [0.2, 0.25) is 10.0 Å². The number of nitro groups is 1. The van der Waals surface area contributed by atoms with Crippen molar-refractivity contribution in [2.45, 2.75) is 4.90 Å². The summed E-state index contributed by atoms with van der Waals surface area (Å²) in [5.41, 5.74) is 0.580. The van der Waals surface area contributed by atoms with Crippen molar-refractivity contribution in [2.75, 3.05) is 43.0 Å². The first-order valence-corrected chi connectivity index (χ1v) is 9.78. The molecule has 3 rings (SSSR count). The summed E-state index contributed by atoms with van der Waals surface area (Å²) in [4.78, 5) is 14.4. The molecule has 1 fully saturated rings. The normalized spacial score (nSPS) is 15.0. The van der Waals surface area contributed by atoms with Crippen LogP contribution in [0.25, 0.3) is 0 Å². The third-order valence-corrected chi connectivity index (χ3v) is 5.95. The molecule has 27 heavy (non-hydrogen) atoms. The molecule has 8 nitrogen and oxygen atoms in total. The quantitative estimate of drug-likeness (QED) is 0.615. The van der Waals surface area contributed by atoms with Crippen molar-refractivity contribution in [2.24, 2.45) is 0 Å². The summed E-state index contributed by atoms with van der Waals surface area (Å²) in [6.45, 7) is 1.89. The maximum Gasteiger partial charge on any atom is 0.293 e. The summed E-state index contributed by atoms with van der Waals surface area (Å²) in [5.74, 6) is -0.307. The first-order chi connectivity index (χ1) is 12.8. The van der Waals surface area contributed by atoms with E-state index in [2.05, 4.69) is 4.72 Å². The van der Waals surface area contributed by atoms with E-state index in [1.807, 2.05) is 9.80 Å². The second-order valence-corrected chi connectivity index (χ2v) is 7.93. The van der Waals surface area contributed by atoms with Crippen LogP contribution in [0.1, 0.15) is 0 Å². The van der Waals surface area contributed by atoms with Gasteiger partial charge in [0.25, 0.3) is 5.69 Å². The van der Waals surface area contributed by atoms with E-state index in [9.17, 15) is 22.9 Å². The summed E-state index contributed by atoms with van der Waals surface area (Å²) in [6.07, 6.45) is 0. The molecule has 144 valence electrons. The zero-order valence-electron chi connectivity index (χ0n) is 14.6. The average molecular weight is 394 g/mol. The molecule has 0 amide bonds. The molecule has 0 saturated carbocycles. The van der Waals surface area contributed by atoms with Gasteiger partial charge in [-0.25, -0.2) is 17.5 Å². The van der Waals surface area contributed by atoms with E-state index in [1.54, 1.807) is 18.2 Å². The predicted molar refractivity (Wildman–Crippen MR) is 100 cm³/mol. The SMILES string of the molecule is CNS(=O)(=O)c1ccc(N2CCN(c3ccccc3F)CC2)c([N+](=O)[O-])c1. The first kappa shape index (κ1) is 19.1. The molecule has 10 heteroatoms. The number of para-hydroxylation sites is 1. The third-order valence-electron chi connectivity index (χ3n) is 4.54. The molecule has 0 unspecified atom stereocenters. The van der Waals surface area contributed by atoms with Crippen molar-refractivity contribution < 1.29 is 17.7 Å². The molecule has 0 radical (unpaired) electrons. The summed E-state index contributed by atoms with van der Waals surface area (Å²) in [6, 6.07) is 10.3. The molecular formula is C17H19FN4O4S. The highest BCUT2D eigenvalue weighted by Crippen LogP contribution is 2.32. The van der Waals surface area contributed by atoms with Gasteiger partial charge in [0.1, 0.15) is 11.5 Å². The zero-order valence-corrected chi connectivity index (χ0v) is 15.4. The molecule has 2 aromatic rings. The Morgan fingerprint density at radius 3 is 2.19 bits per heavy atom. The molecule has 0 bridgehead atoms. The number of piperazine rings is 1. The van der Waals surface area contributed by atoms with Crippen molar-refractivity contribution in [1.29, 1.82) is 0 Å². The molecular weight excluding hydrogens is 375 g/mol. The largest absolute Gasteiger partial charge is 0.366 e. The van der Waals surface area contributed by atoms with Gasteiger partial charge in [0, 0.05) is 32.2 Å². The number of halogens is 1. The van der Waals surface area contributed by atoms with E-state index in [0.29, 0.717) is 37.6 Å². The number of nitro benzene ring substituents is 1. The van der Waals surface area contributed by atoms with E-state index < -0.39 is 14.9 Å². The van der Waals surface area contributed by atoms with Crippen molar-refractivity contribution in [3.63, 3.8) is 0 Å². The van der Waals surface area contributed by atoms with Crippen LogP contribution in [0, 0.1) is 15.9 Å². The number of hydrogen-bond acceptors (Lipinski definition) is 6. The van der Waals surface area contributed by atoms with E-state index in [1.165, 1.54) is 25.2 Å². The maximum atomic E-state index is 13.9. The monoisotopic (exact) mass is 394 g/mol. The van der Waals surface area contributed by atoms with Crippen LogP contribution in [0.5, 0.6) is 0 Å². The van der Waals surface area contributed by atoms with Gasteiger partial charge in [-0.05, 0) is 31.3 Å². The van der Waals surface area contributed by atoms with E-state index in [4.69, 9.17) is 0 Å². The Hall–Kier alpha value is -2.72. The van der Waals surface area contributed by atoms with E-state index in [-0.39, 0.29) is 16.4 Å². The molecule has 1 heterocycles. The smallest absolute Gasteiger partial charge is 0.293 e. The van der Waals surface area contributed by atoms with Gasteiger partial charge < -0.3 is 9.80 Å². The summed E-state index contributed by atoms with van der Waals surface area (Å²) in [5, 5.41) is 11.5. The van der Waals surface area contributed by atoms with Crippen LogP contribution in [0.2, 0.25) is 0 Å². The van der Waals surface area contributed by atoms with Gasteiger partial charge in [0.15, 0.2) is 0 Å². The minimum atomic E-state index is -3.77.